The van der Waals surface area contributed by atoms with Crippen LogP contribution < -0.4 is 5.32 Å². The average Bonchev–Trinajstić information content (AvgIpc) is 2.70. The lowest BCUT2D eigenvalue weighted by Crippen LogP contribution is -2.64. The van der Waals surface area contributed by atoms with Crippen LogP contribution in [0.25, 0.3) is 0 Å². The van der Waals surface area contributed by atoms with Crippen LogP contribution in [0.3, 0.4) is 0 Å². The summed E-state index contributed by atoms with van der Waals surface area (Å²) in [6.07, 6.45) is 1.22. The Morgan fingerprint density at radius 3 is 2.50 bits per heavy atom. The van der Waals surface area contributed by atoms with E-state index in [1.54, 1.807) is 13.8 Å². The van der Waals surface area contributed by atoms with Crippen molar-refractivity contribution >= 4 is 29.6 Å². The number of aryl methyl sites for hydroxylation is 1. The van der Waals surface area contributed by atoms with E-state index in [1.165, 1.54) is 16.7 Å². The molecule has 3 N–H and O–H groups in total. The number of rotatable bonds is 9. The molecule has 1 aliphatic rings. The molecule has 1 saturated heterocycles. The maximum absolute atomic E-state index is 13.0. The Morgan fingerprint density at radius 2 is 1.93 bits per heavy atom. The number of hydrogen-bond acceptors (Lipinski definition) is 5. The first kappa shape index (κ1) is 22.2. The van der Waals surface area contributed by atoms with Crippen LogP contribution >= 0.6 is 11.8 Å². The first-order chi connectivity index (χ1) is 13.3. The van der Waals surface area contributed by atoms with Crippen molar-refractivity contribution in [2.24, 2.45) is 0 Å². The SMILES string of the molecule is CCC1(C(=O)O)CSCCN1C(=O)[C@H](C)NC(CCc1ccccc1)C(=O)O. The zero-order chi connectivity index (χ0) is 20.7. The molecule has 1 aromatic carbocycles. The minimum absolute atomic E-state index is 0.310. The van der Waals surface area contributed by atoms with Crippen LogP contribution in [0.2, 0.25) is 0 Å². The van der Waals surface area contributed by atoms with Crippen molar-refractivity contribution in [1.29, 1.82) is 0 Å². The third kappa shape index (κ3) is 5.05. The number of nitrogens with zero attached hydrogens (tertiary/aromatic N) is 1. The second-order valence-corrected chi connectivity index (χ2v) is 8.14. The minimum Gasteiger partial charge on any atom is -0.480 e. The van der Waals surface area contributed by atoms with Crippen LogP contribution in [-0.2, 0) is 20.8 Å². The second kappa shape index (κ2) is 9.93. The van der Waals surface area contributed by atoms with Crippen LogP contribution in [0.4, 0.5) is 0 Å². The molecule has 0 aliphatic carbocycles. The molecule has 1 aromatic rings. The summed E-state index contributed by atoms with van der Waals surface area (Å²) in [5.41, 5.74) is -0.211. The van der Waals surface area contributed by atoms with Crippen LogP contribution in [-0.4, -0.2) is 68.6 Å². The monoisotopic (exact) mass is 408 g/mol. The summed E-state index contributed by atoms with van der Waals surface area (Å²) in [6.45, 7) is 3.71. The van der Waals surface area contributed by atoms with E-state index < -0.39 is 29.6 Å². The number of aliphatic carboxylic acids is 2. The number of hydrogen-bond donors (Lipinski definition) is 3. The van der Waals surface area contributed by atoms with Gasteiger partial charge in [0, 0.05) is 18.1 Å². The number of carboxylic acids is 2. The predicted octanol–water partition coefficient (Wildman–Crippen LogP) is 1.86. The van der Waals surface area contributed by atoms with Gasteiger partial charge in [-0.1, -0.05) is 37.3 Å². The third-order valence-corrected chi connectivity index (χ3v) is 6.40. The number of nitrogens with one attached hydrogen (secondary N) is 1. The Labute approximate surface area is 169 Å². The van der Waals surface area contributed by atoms with Gasteiger partial charge >= 0.3 is 11.9 Å². The molecule has 3 atom stereocenters. The number of carboxylic acid groups (broad SMARTS) is 2. The number of amides is 1. The highest BCUT2D eigenvalue weighted by Crippen LogP contribution is 2.31. The van der Waals surface area contributed by atoms with Gasteiger partial charge in [0.15, 0.2) is 0 Å². The summed E-state index contributed by atoms with van der Waals surface area (Å²) in [5, 5.41) is 22.2. The van der Waals surface area contributed by atoms with Crippen molar-refractivity contribution in [1.82, 2.24) is 10.2 Å². The van der Waals surface area contributed by atoms with Crippen molar-refractivity contribution in [3.63, 3.8) is 0 Å². The van der Waals surface area contributed by atoms with E-state index in [0.717, 1.165) is 5.56 Å². The lowest BCUT2D eigenvalue weighted by molar-refractivity contribution is -0.159. The summed E-state index contributed by atoms with van der Waals surface area (Å²) >= 11 is 1.52. The summed E-state index contributed by atoms with van der Waals surface area (Å²) in [6, 6.07) is 7.88. The van der Waals surface area contributed by atoms with E-state index in [9.17, 15) is 24.6 Å². The maximum Gasteiger partial charge on any atom is 0.330 e. The molecule has 154 valence electrons. The molecule has 0 aromatic heterocycles. The maximum atomic E-state index is 13.0. The van der Waals surface area contributed by atoms with Gasteiger partial charge in [0.2, 0.25) is 5.91 Å². The fraction of sp³-hybridized carbons (Fsp3) is 0.550. The Morgan fingerprint density at radius 1 is 1.25 bits per heavy atom. The molecular weight excluding hydrogens is 380 g/mol. The second-order valence-electron chi connectivity index (χ2n) is 7.04. The summed E-state index contributed by atoms with van der Waals surface area (Å²) < 4.78 is 0. The molecule has 2 unspecified atom stereocenters. The molecule has 28 heavy (non-hydrogen) atoms. The molecule has 8 heteroatoms. The predicted molar refractivity (Wildman–Crippen MR) is 108 cm³/mol. The minimum atomic E-state index is -1.24. The van der Waals surface area contributed by atoms with Gasteiger partial charge < -0.3 is 15.1 Å². The number of carbonyl (C=O) groups is 3. The van der Waals surface area contributed by atoms with E-state index in [-0.39, 0.29) is 5.91 Å². The van der Waals surface area contributed by atoms with Gasteiger partial charge in [-0.25, -0.2) is 4.79 Å². The third-order valence-electron chi connectivity index (χ3n) is 5.25. The molecular formula is C20H28N2O5S. The van der Waals surface area contributed by atoms with Crippen molar-refractivity contribution in [3.8, 4) is 0 Å². The highest BCUT2D eigenvalue weighted by molar-refractivity contribution is 7.99. The van der Waals surface area contributed by atoms with E-state index in [2.05, 4.69) is 5.32 Å². The average molecular weight is 409 g/mol. The highest BCUT2D eigenvalue weighted by Gasteiger charge is 2.48. The quantitative estimate of drug-likeness (QED) is 0.572. The Hall–Kier alpha value is -2.06. The zero-order valence-electron chi connectivity index (χ0n) is 16.3. The molecule has 1 aliphatic heterocycles. The van der Waals surface area contributed by atoms with Gasteiger partial charge in [-0.2, -0.15) is 11.8 Å². The van der Waals surface area contributed by atoms with Crippen molar-refractivity contribution in [3.05, 3.63) is 35.9 Å². The van der Waals surface area contributed by atoms with Crippen LogP contribution in [0, 0.1) is 0 Å². The standard InChI is InChI=1S/C20H28N2O5S/c1-3-20(19(26)27)13-28-12-11-22(20)17(23)14(2)21-16(18(24)25)10-9-15-7-5-4-6-8-15/h4-8,14,16,21H,3,9-13H2,1-2H3,(H,24,25)(H,26,27)/t14-,16?,20?/m0/s1. The first-order valence-corrected chi connectivity index (χ1v) is 10.6. The van der Waals surface area contributed by atoms with E-state index in [0.29, 0.717) is 37.3 Å². The molecule has 0 bridgehead atoms. The molecule has 1 fully saturated rings. The molecule has 0 radical (unpaired) electrons. The van der Waals surface area contributed by atoms with Gasteiger partial charge in [0.25, 0.3) is 0 Å². The van der Waals surface area contributed by atoms with Crippen molar-refractivity contribution in [2.45, 2.75) is 50.7 Å². The zero-order valence-corrected chi connectivity index (χ0v) is 17.1. The summed E-state index contributed by atoms with van der Waals surface area (Å²) in [4.78, 5) is 38.0. The fourth-order valence-corrected chi connectivity index (χ4v) is 4.75. The highest BCUT2D eigenvalue weighted by atomic mass is 32.2. The van der Waals surface area contributed by atoms with E-state index in [1.807, 2.05) is 30.3 Å². The van der Waals surface area contributed by atoms with Crippen LogP contribution in [0.5, 0.6) is 0 Å². The fourth-order valence-electron chi connectivity index (χ4n) is 3.47. The largest absolute Gasteiger partial charge is 0.480 e. The molecule has 0 spiro atoms. The van der Waals surface area contributed by atoms with Gasteiger partial charge in [-0.3, -0.25) is 14.9 Å². The smallest absolute Gasteiger partial charge is 0.330 e. The Balaban J connectivity index is 2.07. The Kier molecular flexibility index (Phi) is 7.88. The molecule has 7 nitrogen and oxygen atoms in total. The lowest BCUT2D eigenvalue weighted by Gasteiger charge is -2.44. The van der Waals surface area contributed by atoms with E-state index >= 15 is 0 Å². The van der Waals surface area contributed by atoms with Gasteiger partial charge in [-0.15, -0.1) is 0 Å². The topological polar surface area (TPSA) is 107 Å². The van der Waals surface area contributed by atoms with Crippen LogP contribution in [0.15, 0.2) is 30.3 Å². The van der Waals surface area contributed by atoms with Gasteiger partial charge in [0.1, 0.15) is 11.6 Å². The lowest BCUT2D eigenvalue weighted by atomic mass is 9.94. The first-order valence-electron chi connectivity index (χ1n) is 9.47. The normalized spacial score (nSPS) is 21.7. The van der Waals surface area contributed by atoms with E-state index in [4.69, 9.17) is 0 Å². The van der Waals surface area contributed by atoms with Crippen molar-refractivity contribution < 1.29 is 24.6 Å². The van der Waals surface area contributed by atoms with Gasteiger partial charge in [-0.05, 0) is 31.7 Å². The summed E-state index contributed by atoms with van der Waals surface area (Å²) in [7, 11) is 0. The van der Waals surface area contributed by atoms with Crippen LogP contribution in [0.1, 0.15) is 32.3 Å². The molecule has 1 amide bonds. The van der Waals surface area contributed by atoms with Crippen molar-refractivity contribution in [2.75, 3.05) is 18.1 Å². The molecule has 0 saturated carbocycles. The Bertz CT molecular complexity index is 699. The number of carbonyl (C=O) groups excluding carboxylic acids is 1. The number of thioether (sulfide) groups is 1. The van der Waals surface area contributed by atoms with Gasteiger partial charge in [0.05, 0.1) is 6.04 Å². The molecule has 1 heterocycles. The molecule has 2 rings (SSSR count). The summed E-state index contributed by atoms with van der Waals surface area (Å²) in [5.74, 6) is -1.39. The number of benzene rings is 1.